The molecule has 0 fully saturated rings. The minimum Gasteiger partial charge on any atom is -0.287 e. The second kappa shape index (κ2) is 2.83. The van der Waals surface area contributed by atoms with Gasteiger partial charge >= 0.3 is 18.5 Å². The topological polar surface area (TPSA) is 9.23 Å². The van der Waals surface area contributed by atoms with E-state index in [9.17, 15) is 35.1 Å². The van der Waals surface area contributed by atoms with Crippen LogP contribution in [0.25, 0.3) is 0 Å². The van der Waals surface area contributed by atoms with E-state index in [-0.39, 0.29) is 0 Å². The smallest absolute Gasteiger partial charge is 0.287 e. The molecule has 0 aromatic carbocycles. The summed E-state index contributed by atoms with van der Waals surface area (Å²) < 4.78 is 99.3. The molecule has 0 N–H and O–H groups in total. The molecule has 0 aromatic rings. The molecule has 1 aliphatic rings. The molecule has 0 atom stereocenters. The zero-order valence-electron chi connectivity index (χ0n) is 6.59. The monoisotopic (exact) mass is 242 g/mol. The lowest BCUT2D eigenvalue weighted by Crippen LogP contribution is -2.57. The van der Waals surface area contributed by atoms with E-state index in [1.54, 1.807) is 0 Å². The number of hydrogen-bond donors (Lipinski definition) is 0. The molecule has 0 saturated carbocycles. The van der Waals surface area contributed by atoms with Gasteiger partial charge in [0.15, 0.2) is 0 Å². The average molecular weight is 242 g/mol. The summed E-state index contributed by atoms with van der Waals surface area (Å²) in [6, 6.07) is 0. The summed E-state index contributed by atoms with van der Waals surface area (Å²) in [6.45, 7) is 0. The van der Waals surface area contributed by atoms with E-state index in [0.717, 1.165) is 0 Å². The van der Waals surface area contributed by atoms with E-state index < -0.39 is 36.2 Å². The number of hydrogen-bond acceptors (Lipinski definition) is 1. The largest absolute Gasteiger partial charge is 0.430 e. The van der Waals surface area contributed by atoms with Crippen LogP contribution in [0.4, 0.5) is 35.1 Å². The summed E-state index contributed by atoms with van der Waals surface area (Å²) >= 11 is 0. The lowest BCUT2D eigenvalue weighted by molar-refractivity contribution is -0.400. The predicted molar refractivity (Wildman–Crippen MR) is 30.0 cm³/mol. The Bertz CT molecular complexity index is 270. The van der Waals surface area contributed by atoms with Crippen molar-refractivity contribution >= 4 is 0 Å². The van der Waals surface area contributed by atoms with Crippen molar-refractivity contribution < 1.29 is 39.9 Å². The Morgan fingerprint density at radius 1 is 0.800 bits per heavy atom. The van der Waals surface area contributed by atoms with Crippen LogP contribution in [0.5, 0.6) is 0 Å². The molecular formula is C6H2F8O. The first-order valence-electron chi connectivity index (χ1n) is 3.33. The highest BCUT2D eigenvalue weighted by Crippen LogP contribution is 2.52. The molecule has 0 unspecified atom stereocenters. The quantitative estimate of drug-likeness (QED) is 0.468. The van der Waals surface area contributed by atoms with Gasteiger partial charge in [-0.05, 0) is 6.08 Å². The van der Waals surface area contributed by atoms with Crippen molar-refractivity contribution in [3.63, 3.8) is 0 Å². The van der Waals surface area contributed by atoms with Crippen LogP contribution in [0.1, 0.15) is 0 Å². The Morgan fingerprint density at radius 2 is 1.20 bits per heavy atom. The predicted octanol–water partition coefficient (Wildman–Crippen LogP) is 3.03. The van der Waals surface area contributed by atoms with Gasteiger partial charge in [-0.25, -0.2) is 0 Å². The summed E-state index contributed by atoms with van der Waals surface area (Å²) in [6.07, 6.45) is -17.9. The van der Waals surface area contributed by atoms with E-state index in [0.29, 0.717) is 0 Å². The first-order valence-corrected chi connectivity index (χ1v) is 3.33. The maximum Gasteiger partial charge on any atom is 0.430 e. The molecule has 0 aromatic heterocycles. The fourth-order valence-electron chi connectivity index (χ4n) is 0.962. The lowest BCUT2D eigenvalue weighted by Gasteiger charge is -2.32. The second-order valence-electron chi connectivity index (χ2n) is 2.73. The maximum absolute atomic E-state index is 12.2. The molecule has 1 nitrogen and oxygen atoms in total. The van der Waals surface area contributed by atoms with E-state index in [1.807, 2.05) is 0 Å². The molecule has 0 radical (unpaired) electrons. The minimum absolute atomic E-state index is 0.575. The highest BCUT2D eigenvalue weighted by atomic mass is 19.4. The van der Waals surface area contributed by atoms with Crippen LogP contribution in [-0.4, -0.2) is 24.1 Å². The average Bonchev–Trinajstić information content (AvgIpc) is 2.23. The minimum atomic E-state index is -6.00. The standard InChI is InChI=1S/C6H2F8O/c7-4(8)2-1-3(15-4,5(9,10)11)6(12,13)14/h1-2H. The summed E-state index contributed by atoms with van der Waals surface area (Å²) in [5.74, 6) is 0. The molecule has 0 saturated heterocycles. The Morgan fingerprint density at radius 3 is 1.33 bits per heavy atom. The first kappa shape index (κ1) is 12.2. The van der Waals surface area contributed by atoms with Gasteiger partial charge in [-0.2, -0.15) is 35.1 Å². The molecule has 1 heterocycles. The van der Waals surface area contributed by atoms with E-state index in [4.69, 9.17) is 0 Å². The Kier molecular flexibility index (Phi) is 2.31. The summed E-state index contributed by atoms with van der Waals surface area (Å²) in [5, 5.41) is 0. The van der Waals surface area contributed by atoms with Crippen LogP contribution in [0.3, 0.4) is 0 Å². The van der Waals surface area contributed by atoms with Crippen molar-refractivity contribution in [3.8, 4) is 0 Å². The van der Waals surface area contributed by atoms with Crippen LogP contribution >= 0.6 is 0 Å². The van der Waals surface area contributed by atoms with E-state index in [2.05, 4.69) is 4.74 Å². The second-order valence-corrected chi connectivity index (χ2v) is 2.73. The zero-order chi connectivity index (χ0) is 12.1. The normalized spacial score (nSPS) is 24.5. The summed E-state index contributed by atoms with van der Waals surface area (Å²) in [7, 11) is 0. The van der Waals surface area contributed by atoms with Gasteiger partial charge in [-0.1, -0.05) is 0 Å². The Balaban J connectivity index is 3.21. The molecule has 15 heavy (non-hydrogen) atoms. The molecule has 0 amide bonds. The third-order valence-corrected chi connectivity index (χ3v) is 1.65. The van der Waals surface area contributed by atoms with Crippen LogP contribution in [-0.2, 0) is 4.74 Å². The molecule has 0 spiro atoms. The van der Waals surface area contributed by atoms with Crippen LogP contribution < -0.4 is 0 Å². The summed E-state index contributed by atoms with van der Waals surface area (Å²) in [4.78, 5) is 0. The van der Waals surface area contributed by atoms with Gasteiger partial charge in [-0.15, -0.1) is 0 Å². The fourth-order valence-corrected chi connectivity index (χ4v) is 0.962. The molecular weight excluding hydrogens is 240 g/mol. The van der Waals surface area contributed by atoms with Crippen molar-refractivity contribution in [3.05, 3.63) is 12.2 Å². The number of rotatable bonds is 0. The van der Waals surface area contributed by atoms with E-state index >= 15 is 0 Å². The van der Waals surface area contributed by atoms with Crippen molar-refractivity contribution in [1.82, 2.24) is 0 Å². The van der Waals surface area contributed by atoms with Gasteiger partial charge in [0.1, 0.15) is 0 Å². The van der Waals surface area contributed by atoms with Crippen molar-refractivity contribution in [2.24, 2.45) is 0 Å². The molecule has 0 aliphatic carbocycles. The van der Waals surface area contributed by atoms with Gasteiger partial charge in [0.05, 0.1) is 0 Å². The van der Waals surface area contributed by atoms with Gasteiger partial charge in [-0.3, -0.25) is 4.74 Å². The van der Waals surface area contributed by atoms with Crippen LogP contribution in [0.15, 0.2) is 12.2 Å². The fraction of sp³-hybridized carbons (Fsp3) is 0.667. The maximum atomic E-state index is 12.2. The van der Waals surface area contributed by atoms with Gasteiger partial charge in [0, 0.05) is 6.08 Å². The number of ether oxygens (including phenoxy) is 1. The van der Waals surface area contributed by atoms with Crippen molar-refractivity contribution in [2.75, 3.05) is 0 Å². The van der Waals surface area contributed by atoms with Gasteiger partial charge in [0.2, 0.25) is 0 Å². The van der Waals surface area contributed by atoms with Crippen molar-refractivity contribution in [1.29, 1.82) is 0 Å². The van der Waals surface area contributed by atoms with Gasteiger partial charge in [0.25, 0.3) is 5.60 Å². The first-order chi connectivity index (χ1) is 6.41. The number of alkyl halides is 8. The molecule has 9 heteroatoms. The molecule has 1 aliphatic heterocycles. The third kappa shape index (κ3) is 1.80. The lowest BCUT2D eigenvalue weighted by atomic mass is 10.0. The van der Waals surface area contributed by atoms with Crippen LogP contribution in [0, 0.1) is 0 Å². The number of halogens is 8. The molecule has 88 valence electrons. The van der Waals surface area contributed by atoms with Gasteiger partial charge < -0.3 is 0 Å². The Hall–Kier alpha value is -0.860. The summed E-state index contributed by atoms with van der Waals surface area (Å²) in [5.41, 5.74) is -4.93. The highest BCUT2D eigenvalue weighted by Gasteiger charge is 2.75. The molecule has 0 bridgehead atoms. The third-order valence-electron chi connectivity index (χ3n) is 1.65. The molecule has 1 rings (SSSR count). The SMILES string of the molecule is FC1(F)C=CC(C(F)(F)F)(C(F)(F)F)O1. The zero-order valence-corrected chi connectivity index (χ0v) is 6.59. The van der Waals surface area contributed by atoms with Crippen LogP contribution in [0.2, 0.25) is 0 Å². The highest BCUT2D eigenvalue weighted by molar-refractivity contribution is 5.19. The van der Waals surface area contributed by atoms with E-state index in [1.165, 1.54) is 0 Å². The Labute approximate surface area is 77.3 Å². The van der Waals surface area contributed by atoms with Crippen molar-refractivity contribution in [2.45, 2.75) is 24.1 Å².